The van der Waals surface area contributed by atoms with Crippen molar-refractivity contribution in [2.75, 3.05) is 26.2 Å². The lowest BCUT2D eigenvalue weighted by Crippen LogP contribution is -2.39. The van der Waals surface area contributed by atoms with E-state index in [2.05, 4.69) is 14.8 Å². The smallest absolute Gasteiger partial charge is 0.270 e. The molecular weight excluding hydrogens is 368 g/mol. The molecule has 0 spiro atoms. The van der Waals surface area contributed by atoms with Gasteiger partial charge in [-0.05, 0) is 25.0 Å². The summed E-state index contributed by atoms with van der Waals surface area (Å²) in [5.41, 5.74) is 0.731. The number of carbonyl (C=O) groups is 2. The van der Waals surface area contributed by atoms with E-state index in [9.17, 15) is 9.59 Å². The van der Waals surface area contributed by atoms with Crippen molar-refractivity contribution in [1.82, 2.24) is 29.1 Å². The zero-order valence-corrected chi connectivity index (χ0v) is 17.5. The second kappa shape index (κ2) is 8.00. The number of carbonyl (C=O) groups excluding carboxylic acids is 2. The van der Waals surface area contributed by atoms with Crippen molar-refractivity contribution in [3.63, 3.8) is 0 Å². The maximum absolute atomic E-state index is 12.7. The number of piperidine rings is 1. The van der Waals surface area contributed by atoms with Gasteiger partial charge in [0, 0.05) is 64.2 Å². The highest BCUT2D eigenvalue weighted by atomic mass is 16.2. The van der Waals surface area contributed by atoms with E-state index in [1.54, 1.807) is 0 Å². The second-order valence-corrected chi connectivity index (χ2v) is 8.43. The number of nitrogens with zero attached hydrogens (tertiary/aromatic N) is 6. The van der Waals surface area contributed by atoms with Crippen LogP contribution in [0, 0.1) is 5.92 Å². The van der Waals surface area contributed by atoms with Crippen LogP contribution in [0.5, 0.6) is 0 Å². The number of amides is 2. The number of rotatable bonds is 3. The van der Waals surface area contributed by atoms with Crippen molar-refractivity contribution < 1.29 is 9.59 Å². The number of hydrogen-bond acceptors (Lipinski definition) is 4. The van der Waals surface area contributed by atoms with Crippen LogP contribution in [0.15, 0.2) is 18.3 Å². The lowest BCUT2D eigenvalue weighted by atomic mass is 9.95. The summed E-state index contributed by atoms with van der Waals surface area (Å²) in [6.45, 7) is 7.52. The van der Waals surface area contributed by atoms with Gasteiger partial charge in [-0.25, -0.2) is 0 Å². The summed E-state index contributed by atoms with van der Waals surface area (Å²) >= 11 is 0. The van der Waals surface area contributed by atoms with Gasteiger partial charge in [-0.15, -0.1) is 10.2 Å². The van der Waals surface area contributed by atoms with Crippen molar-refractivity contribution >= 4 is 11.8 Å². The largest absolute Gasteiger partial charge is 0.347 e. The number of likely N-dealkylation sites (tertiary alicyclic amines) is 1. The van der Waals surface area contributed by atoms with Crippen molar-refractivity contribution in [2.24, 2.45) is 13.0 Å². The molecule has 0 bridgehead atoms. The topological polar surface area (TPSA) is 76.3 Å². The standard InChI is InChI=1S/C21H30N6O2/c1-15(2)20(28)26-12-8-18-22-23-19(27(18)14-13-26)16-6-10-25(11-7-16)21(29)17-5-4-9-24(17)3/h4-5,9,15-16H,6-8,10-14H2,1-3H3. The molecule has 0 N–H and O–H groups in total. The molecule has 0 aliphatic carbocycles. The average Bonchev–Trinajstić information content (AvgIpc) is 3.27. The number of fused-ring (bicyclic) bond motifs is 1. The van der Waals surface area contributed by atoms with Gasteiger partial charge < -0.3 is 18.9 Å². The Morgan fingerprint density at radius 3 is 2.45 bits per heavy atom. The van der Waals surface area contributed by atoms with E-state index in [1.165, 1.54) is 0 Å². The second-order valence-electron chi connectivity index (χ2n) is 8.43. The van der Waals surface area contributed by atoms with Crippen LogP contribution in [-0.2, 0) is 24.8 Å². The summed E-state index contributed by atoms with van der Waals surface area (Å²) in [6, 6.07) is 3.77. The number of hydrogen-bond donors (Lipinski definition) is 0. The van der Waals surface area contributed by atoms with Crippen molar-refractivity contribution in [2.45, 2.75) is 45.6 Å². The molecule has 1 fully saturated rings. The molecule has 4 heterocycles. The summed E-state index contributed by atoms with van der Waals surface area (Å²) < 4.78 is 4.09. The van der Waals surface area contributed by atoms with Crippen LogP contribution in [0.3, 0.4) is 0 Å². The highest BCUT2D eigenvalue weighted by molar-refractivity contribution is 5.92. The van der Waals surface area contributed by atoms with E-state index >= 15 is 0 Å². The summed E-state index contributed by atoms with van der Waals surface area (Å²) in [6.07, 6.45) is 4.43. The maximum atomic E-state index is 12.7. The van der Waals surface area contributed by atoms with Crippen molar-refractivity contribution in [3.8, 4) is 0 Å². The first-order chi connectivity index (χ1) is 14.0. The highest BCUT2D eigenvalue weighted by Crippen LogP contribution is 2.29. The summed E-state index contributed by atoms with van der Waals surface area (Å²) in [5.74, 6) is 2.62. The molecule has 2 aromatic heterocycles. The third-order valence-electron chi connectivity index (χ3n) is 6.17. The predicted octanol–water partition coefficient (Wildman–Crippen LogP) is 1.68. The lowest BCUT2D eigenvalue weighted by Gasteiger charge is -2.32. The third-order valence-corrected chi connectivity index (χ3v) is 6.17. The average molecular weight is 399 g/mol. The van der Waals surface area contributed by atoms with E-state index in [0.29, 0.717) is 19.0 Å². The Morgan fingerprint density at radius 2 is 1.79 bits per heavy atom. The first-order valence-corrected chi connectivity index (χ1v) is 10.6. The first-order valence-electron chi connectivity index (χ1n) is 10.6. The fourth-order valence-electron chi connectivity index (χ4n) is 4.42. The fraction of sp³-hybridized carbons (Fsp3) is 0.619. The van der Waals surface area contributed by atoms with Gasteiger partial charge in [0.1, 0.15) is 17.3 Å². The zero-order valence-electron chi connectivity index (χ0n) is 17.5. The SMILES string of the molecule is CC(C)C(=O)N1CCc2nnc(C3CCN(C(=O)c4cccn4C)CC3)n2CC1. The Labute approximate surface area is 171 Å². The molecule has 2 aliphatic rings. The molecule has 2 aromatic rings. The van der Waals surface area contributed by atoms with E-state index in [0.717, 1.165) is 56.2 Å². The zero-order chi connectivity index (χ0) is 20.5. The highest BCUT2D eigenvalue weighted by Gasteiger charge is 2.30. The van der Waals surface area contributed by atoms with Gasteiger partial charge in [-0.3, -0.25) is 9.59 Å². The molecule has 0 saturated carbocycles. The molecule has 29 heavy (non-hydrogen) atoms. The van der Waals surface area contributed by atoms with Gasteiger partial charge in [-0.1, -0.05) is 13.8 Å². The van der Waals surface area contributed by atoms with Crippen molar-refractivity contribution in [1.29, 1.82) is 0 Å². The maximum Gasteiger partial charge on any atom is 0.270 e. The quantitative estimate of drug-likeness (QED) is 0.788. The van der Waals surface area contributed by atoms with Crippen molar-refractivity contribution in [3.05, 3.63) is 35.7 Å². The van der Waals surface area contributed by atoms with Crippen LogP contribution in [0.1, 0.15) is 54.7 Å². The van der Waals surface area contributed by atoms with Gasteiger partial charge in [0.05, 0.1) is 0 Å². The normalized spacial score (nSPS) is 18.1. The summed E-state index contributed by atoms with van der Waals surface area (Å²) in [7, 11) is 1.90. The number of aromatic nitrogens is 4. The number of aryl methyl sites for hydroxylation is 1. The van der Waals surface area contributed by atoms with Crippen LogP contribution >= 0.6 is 0 Å². The molecule has 8 nitrogen and oxygen atoms in total. The van der Waals surface area contributed by atoms with Gasteiger partial charge in [0.25, 0.3) is 5.91 Å². The molecule has 0 radical (unpaired) electrons. The molecule has 4 rings (SSSR count). The Kier molecular flexibility index (Phi) is 5.43. The predicted molar refractivity (Wildman–Crippen MR) is 108 cm³/mol. The molecule has 0 atom stereocenters. The van der Waals surface area contributed by atoms with E-state index < -0.39 is 0 Å². The molecule has 156 valence electrons. The Bertz CT molecular complexity index is 891. The van der Waals surface area contributed by atoms with Gasteiger partial charge >= 0.3 is 0 Å². The van der Waals surface area contributed by atoms with Crippen LogP contribution < -0.4 is 0 Å². The van der Waals surface area contributed by atoms with Crippen LogP contribution in [-0.4, -0.2) is 67.1 Å². The molecule has 2 amide bonds. The van der Waals surface area contributed by atoms with Crippen LogP contribution in [0.2, 0.25) is 0 Å². The minimum Gasteiger partial charge on any atom is -0.347 e. The molecule has 8 heteroatoms. The Hall–Kier alpha value is -2.64. The van der Waals surface area contributed by atoms with Gasteiger partial charge in [0.15, 0.2) is 0 Å². The third kappa shape index (κ3) is 3.80. The molecule has 0 aromatic carbocycles. The minimum atomic E-state index is 0.0177. The van der Waals surface area contributed by atoms with Gasteiger partial charge in [-0.2, -0.15) is 0 Å². The summed E-state index contributed by atoms with van der Waals surface area (Å²) in [5, 5.41) is 8.93. The summed E-state index contributed by atoms with van der Waals surface area (Å²) in [4.78, 5) is 29.0. The van der Waals surface area contributed by atoms with Crippen LogP contribution in [0.25, 0.3) is 0 Å². The fourth-order valence-corrected chi connectivity index (χ4v) is 4.42. The molecule has 2 aliphatic heterocycles. The van der Waals surface area contributed by atoms with E-state index in [4.69, 9.17) is 0 Å². The van der Waals surface area contributed by atoms with E-state index in [1.807, 2.05) is 53.6 Å². The van der Waals surface area contributed by atoms with Crippen LogP contribution in [0.4, 0.5) is 0 Å². The molecular formula is C21H30N6O2. The lowest BCUT2D eigenvalue weighted by molar-refractivity contribution is -0.134. The molecule has 0 unspecified atom stereocenters. The van der Waals surface area contributed by atoms with E-state index in [-0.39, 0.29) is 17.7 Å². The molecule has 1 saturated heterocycles. The first kappa shape index (κ1) is 19.7. The minimum absolute atomic E-state index is 0.0177. The Balaban J connectivity index is 1.41. The Morgan fingerprint density at radius 1 is 1.03 bits per heavy atom. The van der Waals surface area contributed by atoms with Gasteiger partial charge in [0.2, 0.25) is 5.91 Å². The monoisotopic (exact) mass is 398 g/mol.